The summed E-state index contributed by atoms with van der Waals surface area (Å²) in [5, 5.41) is 8.60. The third-order valence-corrected chi connectivity index (χ3v) is 1.92. The Kier molecular flexibility index (Phi) is 3.42. The fraction of sp³-hybridized carbons (Fsp3) is 0.222. The van der Waals surface area contributed by atoms with E-state index in [0.717, 1.165) is 6.20 Å². The first-order valence-corrected chi connectivity index (χ1v) is 4.01. The SMILES string of the molecule is N#Cc1ncc(C(F)F)c(CN)c1C=O. The average Bonchev–Trinajstić information content (AvgIpc) is 2.26. The van der Waals surface area contributed by atoms with Crippen LogP contribution < -0.4 is 5.73 Å². The van der Waals surface area contributed by atoms with Crippen molar-refractivity contribution in [2.45, 2.75) is 13.0 Å². The van der Waals surface area contributed by atoms with Gasteiger partial charge in [-0.05, 0) is 5.56 Å². The third kappa shape index (κ3) is 1.97. The van der Waals surface area contributed by atoms with Gasteiger partial charge >= 0.3 is 0 Å². The molecule has 1 heterocycles. The summed E-state index contributed by atoms with van der Waals surface area (Å²) < 4.78 is 24.9. The zero-order valence-electron chi connectivity index (χ0n) is 7.58. The number of nitrogens with two attached hydrogens (primary N) is 1. The molecule has 1 aromatic heterocycles. The molecule has 0 aliphatic heterocycles. The van der Waals surface area contributed by atoms with E-state index in [2.05, 4.69) is 4.98 Å². The van der Waals surface area contributed by atoms with Crippen LogP contribution in [0.25, 0.3) is 0 Å². The molecule has 0 spiro atoms. The van der Waals surface area contributed by atoms with E-state index in [9.17, 15) is 13.6 Å². The first-order valence-electron chi connectivity index (χ1n) is 4.01. The number of aldehydes is 1. The fourth-order valence-electron chi connectivity index (χ4n) is 1.21. The molecule has 78 valence electrons. The molecular weight excluding hydrogens is 204 g/mol. The highest BCUT2D eigenvalue weighted by Crippen LogP contribution is 2.24. The Labute approximate surface area is 84.3 Å². The Morgan fingerprint density at radius 3 is 2.73 bits per heavy atom. The predicted molar refractivity (Wildman–Crippen MR) is 47.2 cm³/mol. The molecule has 0 unspecified atom stereocenters. The first-order chi connectivity index (χ1) is 7.15. The van der Waals surface area contributed by atoms with Crippen molar-refractivity contribution < 1.29 is 13.6 Å². The Morgan fingerprint density at radius 1 is 1.67 bits per heavy atom. The second kappa shape index (κ2) is 4.57. The minimum Gasteiger partial charge on any atom is -0.326 e. The van der Waals surface area contributed by atoms with Crippen molar-refractivity contribution in [3.05, 3.63) is 28.6 Å². The number of aromatic nitrogens is 1. The van der Waals surface area contributed by atoms with Gasteiger partial charge < -0.3 is 5.73 Å². The zero-order valence-corrected chi connectivity index (χ0v) is 7.58. The van der Waals surface area contributed by atoms with Crippen molar-refractivity contribution in [3.63, 3.8) is 0 Å². The van der Waals surface area contributed by atoms with Crippen LogP contribution in [-0.2, 0) is 6.54 Å². The molecule has 0 bridgehead atoms. The van der Waals surface area contributed by atoms with Crippen molar-refractivity contribution in [2.75, 3.05) is 0 Å². The maximum atomic E-state index is 12.5. The molecule has 0 saturated heterocycles. The highest BCUT2D eigenvalue weighted by Gasteiger charge is 2.18. The molecule has 0 aromatic carbocycles. The van der Waals surface area contributed by atoms with E-state index in [1.54, 1.807) is 6.07 Å². The van der Waals surface area contributed by atoms with Crippen LogP contribution in [0, 0.1) is 11.3 Å². The molecule has 0 aliphatic carbocycles. The van der Waals surface area contributed by atoms with Crippen LogP contribution in [0.5, 0.6) is 0 Å². The standard InChI is InChI=1S/C9H7F2N3O/c10-9(11)6-3-14-8(2-13)7(4-15)5(6)1-12/h3-4,9H,1,12H2. The number of hydrogen-bond acceptors (Lipinski definition) is 4. The third-order valence-electron chi connectivity index (χ3n) is 1.92. The largest absolute Gasteiger partial charge is 0.326 e. The van der Waals surface area contributed by atoms with E-state index < -0.39 is 12.0 Å². The molecule has 0 atom stereocenters. The number of halogens is 2. The number of nitriles is 1. The number of nitrogens with zero attached hydrogens (tertiary/aromatic N) is 2. The summed E-state index contributed by atoms with van der Waals surface area (Å²) in [6, 6.07) is 1.64. The van der Waals surface area contributed by atoms with Gasteiger partial charge in [0.25, 0.3) is 6.43 Å². The maximum Gasteiger partial charge on any atom is 0.265 e. The van der Waals surface area contributed by atoms with Crippen LogP contribution in [0.1, 0.15) is 33.6 Å². The van der Waals surface area contributed by atoms with Gasteiger partial charge in [0.1, 0.15) is 6.07 Å². The van der Waals surface area contributed by atoms with E-state index in [1.807, 2.05) is 0 Å². The minimum absolute atomic E-state index is 0.0217. The van der Waals surface area contributed by atoms with Gasteiger partial charge in [-0.1, -0.05) is 0 Å². The number of pyridine rings is 1. The molecule has 0 saturated carbocycles. The Morgan fingerprint density at radius 2 is 2.33 bits per heavy atom. The van der Waals surface area contributed by atoms with E-state index in [0.29, 0.717) is 6.29 Å². The maximum absolute atomic E-state index is 12.5. The van der Waals surface area contributed by atoms with E-state index >= 15 is 0 Å². The average molecular weight is 211 g/mol. The second-order valence-corrected chi connectivity index (χ2v) is 2.69. The summed E-state index contributed by atoms with van der Waals surface area (Å²) in [7, 11) is 0. The zero-order chi connectivity index (χ0) is 11.4. The molecule has 1 rings (SSSR count). The Hall–Kier alpha value is -1.87. The molecule has 4 nitrogen and oxygen atoms in total. The summed E-state index contributed by atoms with van der Waals surface area (Å²) >= 11 is 0. The summed E-state index contributed by atoms with van der Waals surface area (Å²) in [6.45, 7) is -0.231. The lowest BCUT2D eigenvalue weighted by Gasteiger charge is -2.09. The molecule has 2 N–H and O–H groups in total. The predicted octanol–water partition coefficient (Wildman–Crippen LogP) is 1.16. The summed E-state index contributed by atoms with van der Waals surface area (Å²) in [5.41, 5.74) is 4.49. The Balaban J connectivity index is 3.49. The second-order valence-electron chi connectivity index (χ2n) is 2.69. The molecule has 0 fully saturated rings. The number of carbonyl (C=O) groups is 1. The van der Waals surface area contributed by atoms with Crippen LogP contribution in [0.15, 0.2) is 6.20 Å². The van der Waals surface area contributed by atoms with Gasteiger partial charge in [0.2, 0.25) is 0 Å². The number of rotatable bonds is 3. The van der Waals surface area contributed by atoms with E-state index in [1.165, 1.54) is 0 Å². The highest BCUT2D eigenvalue weighted by molar-refractivity contribution is 5.81. The van der Waals surface area contributed by atoms with Gasteiger partial charge in [-0.2, -0.15) is 5.26 Å². The summed E-state index contributed by atoms with van der Waals surface area (Å²) in [5.74, 6) is 0. The number of carbonyl (C=O) groups excluding carboxylic acids is 1. The number of hydrogen-bond donors (Lipinski definition) is 1. The molecule has 0 aliphatic rings. The van der Waals surface area contributed by atoms with Gasteiger partial charge in [0.15, 0.2) is 12.0 Å². The van der Waals surface area contributed by atoms with Crippen LogP contribution in [0.2, 0.25) is 0 Å². The van der Waals surface area contributed by atoms with Crippen molar-refractivity contribution >= 4 is 6.29 Å². The van der Waals surface area contributed by atoms with Gasteiger partial charge in [0.05, 0.1) is 5.56 Å². The molecule has 0 radical (unpaired) electrons. The monoisotopic (exact) mass is 211 g/mol. The topological polar surface area (TPSA) is 79.8 Å². The summed E-state index contributed by atoms with van der Waals surface area (Å²) in [4.78, 5) is 14.1. The number of alkyl halides is 2. The van der Waals surface area contributed by atoms with Crippen LogP contribution in [0.3, 0.4) is 0 Å². The minimum atomic E-state index is -2.76. The lowest BCUT2D eigenvalue weighted by atomic mass is 10.0. The van der Waals surface area contributed by atoms with Crippen molar-refractivity contribution in [1.82, 2.24) is 4.98 Å². The molecule has 0 amide bonds. The van der Waals surface area contributed by atoms with Gasteiger partial charge in [0, 0.05) is 18.3 Å². The lowest BCUT2D eigenvalue weighted by molar-refractivity contribution is 0.112. The quantitative estimate of drug-likeness (QED) is 0.761. The highest BCUT2D eigenvalue weighted by atomic mass is 19.3. The van der Waals surface area contributed by atoms with Crippen molar-refractivity contribution in [2.24, 2.45) is 5.73 Å². The smallest absolute Gasteiger partial charge is 0.265 e. The molecular formula is C9H7F2N3O. The van der Waals surface area contributed by atoms with Gasteiger partial charge in [-0.3, -0.25) is 4.79 Å². The van der Waals surface area contributed by atoms with Gasteiger partial charge in [-0.25, -0.2) is 13.8 Å². The molecule has 6 heteroatoms. The first kappa shape index (κ1) is 11.2. The van der Waals surface area contributed by atoms with Crippen LogP contribution in [-0.4, -0.2) is 11.3 Å². The molecule has 1 aromatic rings. The van der Waals surface area contributed by atoms with Crippen molar-refractivity contribution in [1.29, 1.82) is 5.26 Å². The fourth-order valence-corrected chi connectivity index (χ4v) is 1.21. The van der Waals surface area contributed by atoms with Crippen LogP contribution in [0.4, 0.5) is 8.78 Å². The lowest BCUT2D eigenvalue weighted by Crippen LogP contribution is -2.09. The molecule has 15 heavy (non-hydrogen) atoms. The Bertz CT molecular complexity index is 426. The normalized spacial score (nSPS) is 10.1. The van der Waals surface area contributed by atoms with E-state index in [4.69, 9.17) is 11.0 Å². The van der Waals surface area contributed by atoms with Crippen LogP contribution >= 0.6 is 0 Å². The van der Waals surface area contributed by atoms with E-state index in [-0.39, 0.29) is 23.4 Å². The van der Waals surface area contributed by atoms with Crippen molar-refractivity contribution in [3.8, 4) is 6.07 Å². The summed E-state index contributed by atoms with van der Waals surface area (Å²) in [6.07, 6.45) is -1.57. The van der Waals surface area contributed by atoms with Gasteiger partial charge in [-0.15, -0.1) is 0 Å².